The minimum atomic E-state index is 0.293. The fraction of sp³-hybridized carbons (Fsp3) is 0.571. The van der Waals surface area contributed by atoms with Gasteiger partial charge in [-0.1, -0.05) is 31.2 Å². The molecule has 1 aromatic rings. The van der Waals surface area contributed by atoms with Crippen LogP contribution in [0.5, 0.6) is 0 Å². The zero-order chi connectivity index (χ0) is 11.8. The Morgan fingerprint density at radius 3 is 2.50 bits per heavy atom. The summed E-state index contributed by atoms with van der Waals surface area (Å²) in [5, 5.41) is 3.35. The Bertz CT molecular complexity index is 297. The number of likely N-dealkylation sites (N-methyl/N-ethyl adjacent to an activating group) is 1. The highest BCUT2D eigenvalue weighted by atomic mass is 16.5. The lowest BCUT2D eigenvalue weighted by Gasteiger charge is -2.12. The van der Waals surface area contributed by atoms with E-state index in [0.717, 1.165) is 26.1 Å². The Kier molecular flexibility index (Phi) is 6.12. The number of nitrogens with one attached hydrogen (secondary N) is 1. The first-order chi connectivity index (χ1) is 7.74. The predicted octanol–water partition coefficient (Wildman–Crippen LogP) is 2.76. The van der Waals surface area contributed by atoms with Crippen molar-refractivity contribution in [3.05, 3.63) is 35.4 Å². The molecule has 0 amide bonds. The molecule has 0 aromatic heterocycles. The van der Waals surface area contributed by atoms with E-state index in [2.05, 4.69) is 50.4 Å². The van der Waals surface area contributed by atoms with Crippen molar-refractivity contribution in [3.63, 3.8) is 0 Å². The van der Waals surface area contributed by atoms with Crippen molar-refractivity contribution in [2.24, 2.45) is 0 Å². The maximum atomic E-state index is 5.65. The van der Waals surface area contributed by atoms with E-state index in [0.29, 0.717) is 6.10 Å². The largest absolute Gasteiger partial charge is 0.374 e. The summed E-state index contributed by atoms with van der Waals surface area (Å²) in [6, 6.07) is 8.52. The van der Waals surface area contributed by atoms with Gasteiger partial charge in [-0.15, -0.1) is 0 Å². The molecule has 1 rings (SSSR count). The normalized spacial score (nSPS) is 11.0. The molecular formula is C14H23NO. The van der Waals surface area contributed by atoms with Crippen LogP contribution in [0, 0.1) is 0 Å². The number of benzene rings is 1. The lowest BCUT2D eigenvalue weighted by atomic mass is 10.1. The Labute approximate surface area is 99.0 Å². The molecule has 0 aliphatic carbocycles. The zero-order valence-corrected chi connectivity index (χ0v) is 10.6. The van der Waals surface area contributed by atoms with Gasteiger partial charge in [0.2, 0.25) is 0 Å². The molecule has 0 atom stereocenters. The molecule has 1 N–H and O–H groups in total. The van der Waals surface area contributed by atoms with Gasteiger partial charge in [0.15, 0.2) is 0 Å². The minimum absolute atomic E-state index is 0.293. The van der Waals surface area contributed by atoms with Gasteiger partial charge < -0.3 is 10.1 Å². The van der Waals surface area contributed by atoms with Crippen LogP contribution >= 0.6 is 0 Å². The summed E-state index contributed by atoms with van der Waals surface area (Å²) in [5.74, 6) is 0. The smallest absolute Gasteiger partial charge is 0.0723 e. The van der Waals surface area contributed by atoms with Crippen molar-refractivity contribution in [1.29, 1.82) is 0 Å². The molecule has 0 radical (unpaired) electrons. The van der Waals surface area contributed by atoms with Crippen LogP contribution in [0.1, 0.15) is 31.9 Å². The fourth-order valence-corrected chi connectivity index (χ4v) is 1.60. The topological polar surface area (TPSA) is 21.3 Å². The molecule has 2 heteroatoms. The van der Waals surface area contributed by atoms with E-state index >= 15 is 0 Å². The predicted molar refractivity (Wildman–Crippen MR) is 68.6 cm³/mol. The highest BCUT2D eigenvalue weighted by molar-refractivity contribution is 5.26. The second-order valence-electron chi connectivity index (χ2n) is 4.23. The average Bonchev–Trinajstić information content (AvgIpc) is 2.28. The first-order valence-electron chi connectivity index (χ1n) is 6.13. The number of rotatable bonds is 7. The quantitative estimate of drug-likeness (QED) is 0.715. The molecule has 0 fully saturated rings. The van der Waals surface area contributed by atoms with Crippen molar-refractivity contribution in [3.8, 4) is 0 Å². The molecular weight excluding hydrogens is 198 g/mol. The number of hydrogen-bond donors (Lipinski definition) is 1. The van der Waals surface area contributed by atoms with Crippen molar-refractivity contribution in [2.75, 3.05) is 13.1 Å². The van der Waals surface area contributed by atoms with Crippen molar-refractivity contribution in [1.82, 2.24) is 5.32 Å². The van der Waals surface area contributed by atoms with Gasteiger partial charge in [-0.25, -0.2) is 0 Å². The van der Waals surface area contributed by atoms with Gasteiger partial charge in [0.05, 0.1) is 12.7 Å². The first-order valence-corrected chi connectivity index (χ1v) is 6.13. The third kappa shape index (κ3) is 4.77. The molecule has 90 valence electrons. The fourth-order valence-electron chi connectivity index (χ4n) is 1.60. The summed E-state index contributed by atoms with van der Waals surface area (Å²) in [5.41, 5.74) is 2.71. The third-order valence-electron chi connectivity index (χ3n) is 2.51. The summed E-state index contributed by atoms with van der Waals surface area (Å²) in [4.78, 5) is 0. The highest BCUT2D eigenvalue weighted by Crippen LogP contribution is 2.11. The summed E-state index contributed by atoms with van der Waals surface area (Å²) in [7, 11) is 0. The van der Waals surface area contributed by atoms with Crippen LogP contribution in [0.2, 0.25) is 0 Å². The maximum Gasteiger partial charge on any atom is 0.0723 e. The molecule has 0 aliphatic heterocycles. The Balaban J connectivity index is 2.53. The average molecular weight is 221 g/mol. The van der Waals surface area contributed by atoms with Gasteiger partial charge in [0.25, 0.3) is 0 Å². The van der Waals surface area contributed by atoms with Crippen LogP contribution in [0.15, 0.2) is 24.3 Å². The SMILES string of the molecule is CCNCCc1ccccc1COC(C)C. The lowest BCUT2D eigenvalue weighted by Crippen LogP contribution is -2.17. The third-order valence-corrected chi connectivity index (χ3v) is 2.51. The van der Waals surface area contributed by atoms with E-state index in [1.807, 2.05) is 0 Å². The van der Waals surface area contributed by atoms with E-state index in [9.17, 15) is 0 Å². The van der Waals surface area contributed by atoms with Gasteiger partial charge in [0.1, 0.15) is 0 Å². The molecule has 0 spiro atoms. The highest BCUT2D eigenvalue weighted by Gasteiger charge is 2.02. The van der Waals surface area contributed by atoms with Gasteiger partial charge in [-0.3, -0.25) is 0 Å². The van der Waals surface area contributed by atoms with Crippen molar-refractivity contribution in [2.45, 2.75) is 39.9 Å². The van der Waals surface area contributed by atoms with E-state index in [1.165, 1.54) is 11.1 Å². The minimum Gasteiger partial charge on any atom is -0.374 e. The molecule has 2 nitrogen and oxygen atoms in total. The van der Waals surface area contributed by atoms with Gasteiger partial charge >= 0.3 is 0 Å². The summed E-state index contributed by atoms with van der Waals surface area (Å²) < 4.78 is 5.65. The second kappa shape index (κ2) is 7.42. The molecule has 0 saturated carbocycles. The Hall–Kier alpha value is -0.860. The molecule has 0 bridgehead atoms. The van der Waals surface area contributed by atoms with E-state index in [-0.39, 0.29) is 0 Å². The van der Waals surface area contributed by atoms with Gasteiger partial charge in [-0.05, 0) is 44.5 Å². The van der Waals surface area contributed by atoms with Gasteiger partial charge in [0, 0.05) is 0 Å². The van der Waals surface area contributed by atoms with Crippen LogP contribution in [-0.2, 0) is 17.8 Å². The van der Waals surface area contributed by atoms with Crippen LogP contribution in [0.4, 0.5) is 0 Å². The molecule has 0 aliphatic rings. The molecule has 0 saturated heterocycles. The molecule has 16 heavy (non-hydrogen) atoms. The van der Waals surface area contributed by atoms with Crippen molar-refractivity contribution < 1.29 is 4.74 Å². The van der Waals surface area contributed by atoms with E-state index < -0.39 is 0 Å². The van der Waals surface area contributed by atoms with E-state index in [1.54, 1.807) is 0 Å². The molecule has 1 aromatic carbocycles. The molecule has 0 unspecified atom stereocenters. The summed E-state index contributed by atoms with van der Waals surface area (Å²) in [6.45, 7) is 9.07. The van der Waals surface area contributed by atoms with Crippen molar-refractivity contribution >= 4 is 0 Å². The van der Waals surface area contributed by atoms with Crippen LogP contribution in [0.3, 0.4) is 0 Å². The summed E-state index contributed by atoms with van der Waals surface area (Å²) >= 11 is 0. The summed E-state index contributed by atoms with van der Waals surface area (Å²) in [6.07, 6.45) is 1.37. The number of hydrogen-bond acceptors (Lipinski definition) is 2. The maximum absolute atomic E-state index is 5.65. The number of ether oxygens (including phenoxy) is 1. The lowest BCUT2D eigenvalue weighted by molar-refractivity contribution is 0.0653. The monoisotopic (exact) mass is 221 g/mol. The second-order valence-corrected chi connectivity index (χ2v) is 4.23. The van der Waals surface area contributed by atoms with Crippen LogP contribution in [-0.4, -0.2) is 19.2 Å². The van der Waals surface area contributed by atoms with Gasteiger partial charge in [-0.2, -0.15) is 0 Å². The first kappa shape index (κ1) is 13.2. The van der Waals surface area contributed by atoms with E-state index in [4.69, 9.17) is 4.74 Å². The Morgan fingerprint density at radius 2 is 1.88 bits per heavy atom. The van der Waals surface area contributed by atoms with Crippen LogP contribution in [0.25, 0.3) is 0 Å². The molecule has 0 heterocycles. The van der Waals surface area contributed by atoms with Crippen LogP contribution < -0.4 is 5.32 Å². The zero-order valence-electron chi connectivity index (χ0n) is 10.6. The standard InChI is InChI=1S/C14H23NO/c1-4-15-10-9-13-7-5-6-8-14(13)11-16-12(2)3/h5-8,12,15H,4,9-11H2,1-3H3. The Morgan fingerprint density at radius 1 is 1.19 bits per heavy atom.